The Morgan fingerprint density at radius 2 is 2.14 bits per heavy atom. The van der Waals surface area contributed by atoms with E-state index in [0.717, 1.165) is 34.7 Å². The molecule has 0 amide bonds. The summed E-state index contributed by atoms with van der Waals surface area (Å²) in [6.45, 7) is 6.52. The van der Waals surface area contributed by atoms with Gasteiger partial charge in [0.2, 0.25) is 0 Å². The second-order valence-electron chi connectivity index (χ2n) is 7.91. The molecule has 0 spiro atoms. The van der Waals surface area contributed by atoms with Crippen molar-refractivity contribution in [1.29, 1.82) is 0 Å². The third-order valence-electron chi connectivity index (χ3n) is 5.82. The van der Waals surface area contributed by atoms with Crippen molar-refractivity contribution in [3.05, 3.63) is 52.4 Å². The van der Waals surface area contributed by atoms with Crippen molar-refractivity contribution in [2.75, 3.05) is 13.7 Å². The molecule has 146 valence electrons. The van der Waals surface area contributed by atoms with E-state index in [1.54, 1.807) is 20.1 Å². The van der Waals surface area contributed by atoms with Gasteiger partial charge in [0.05, 0.1) is 24.4 Å². The molecule has 2 aliphatic rings. The van der Waals surface area contributed by atoms with Crippen molar-refractivity contribution >= 4 is 22.4 Å². The Bertz CT molecular complexity index is 1050. The summed E-state index contributed by atoms with van der Waals surface area (Å²) < 4.78 is 5.35. The molecule has 1 atom stereocenters. The number of Topliss-reactive ketones (excluding diaryl/α,β-unsaturated/α-hetero) is 1. The van der Waals surface area contributed by atoms with Gasteiger partial charge < -0.3 is 14.8 Å². The van der Waals surface area contributed by atoms with Gasteiger partial charge in [-0.25, -0.2) is 0 Å². The molecule has 5 heteroatoms. The Hall–Kier alpha value is -2.82. The fraction of sp³-hybridized carbons (Fsp3) is 0.391. The number of ketones is 1. The summed E-state index contributed by atoms with van der Waals surface area (Å²) in [6.07, 6.45) is 2.97. The molecule has 5 nitrogen and oxygen atoms in total. The number of carbonyl (C=O) groups excluding carboxylic acids is 1. The van der Waals surface area contributed by atoms with Crippen LogP contribution < -0.4 is 4.74 Å². The summed E-state index contributed by atoms with van der Waals surface area (Å²) in [5.74, 6) is 0.844. The van der Waals surface area contributed by atoms with E-state index < -0.39 is 0 Å². The molecule has 1 aliphatic heterocycles. The number of fused-ring (bicyclic) bond motifs is 3. The first kappa shape index (κ1) is 18.5. The highest BCUT2D eigenvalue weighted by Crippen LogP contribution is 2.36. The van der Waals surface area contributed by atoms with Crippen LogP contribution in [0, 0.1) is 11.8 Å². The predicted octanol–water partition coefficient (Wildman–Crippen LogP) is 4.53. The lowest BCUT2D eigenvalue weighted by molar-refractivity contribution is -0.118. The van der Waals surface area contributed by atoms with Crippen LogP contribution in [0.15, 0.2) is 46.2 Å². The number of aliphatic hydroxyl groups is 1. The number of methoxy groups -OCH3 is 1. The molecule has 0 saturated heterocycles. The topological polar surface area (TPSA) is 74.7 Å². The van der Waals surface area contributed by atoms with E-state index in [1.165, 1.54) is 10.9 Å². The highest BCUT2D eigenvalue weighted by atomic mass is 16.5. The highest BCUT2D eigenvalue weighted by Gasteiger charge is 2.34. The lowest BCUT2D eigenvalue weighted by atomic mass is 9.76. The quantitative estimate of drug-likeness (QED) is 0.821. The molecular weight excluding hydrogens is 352 g/mol. The van der Waals surface area contributed by atoms with Gasteiger partial charge in [-0.2, -0.15) is 0 Å². The molecule has 1 aromatic heterocycles. The van der Waals surface area contributed by atoms with Crippen LogP contribution in [0.5, 0.6) is 5.75 Å². The van der Waals surface area contributed by atoms with E-state index in [0.29, 0.717) is 18.5 Å². The summed E-state index contributed by atoms with van der Waals surface area (Å²) in [5, 5.41) is 11.7. The summed E-state index contributed by atoms with van der Waals surface area (Å²) in [5.41, 5.74) is 5.60. The number of hydrogen-bond donors (Lipinski definition) is 2. The molecular formula is C23H26N2O3. The Morgan fingerprint density at radius 3 is 2.86 bits per heavy atom. The van der Waals surface area contributed by atoms with Gasteiger partial charge in [0.15, 0.2) is 5.78 Å². The number of nitrogens with zero attached hydrogens (tertiary/aromatic N) is 1. The van der Waals surface area contributed by atoms with Gasteiger partial charge in [-0.1, -0.05) is 13.8 Å². The van der Waals surface area contributed by atoms with E-state index in [9.17, 15) is 9.90 Å². The first-order valence-corrected chi connectivity index (χ1v) is 9.78. The van der Waals surface area contributed by atoms with Gasteiger partial charge in [-0.05, 0) is 54.2 Å². The monoisotopic (exact) mass is 378 g/mol. The van der Waals surface area contributed by atoms with Crippen LogP contribution in [-0.2, 0) is 11.2 Å². The molecule has 0 radical (unpaired) electrons. The smallest absolute Gasteiger partial charge is 0.166 e. The van der Waals surface area contributed by atoms with Crippen LogP contribution in [0.2, 0.25) is 0 Å². The summed E-state index contributed by atoms with van der Waals surface area (Å²) in [7, 11) is 1.66. The van der Waals surface area contributed by atoms with E-state index >= 15 is 0 Å². The Kier molecular flexibility index (Phi) is 4.61. The number of aromatic amines is 1. The maximum absolute atomic E-state index is 12.9. The van der Waals surface area contributed by atoms with Crippen molar-refractivity contribution in [3.63, 3.8) is 0 Å². The van der Waals surface area contributed by atoms with Crippen LogP contribution in [0.25, 0.3) is 10.9 Å². The molecule has 0 bridgehead atoms. The zero-order valence-corrected chi connectivity index (χ0v) is 16.8. The molecule has 4 rings (SSSR count). The molecule has 28 heavy (non-hydrogen) atoms. The second-order valence-corrected chi connectivity index (χ2v) is 7.91. The van der Waals surface area contributed by atoms with Crippen LogP contribution in [0.1, 0.15) is 38.4 Å². The molecule has 1 aliphatic carbocycles. The van der Waals surface area contributed by atoms with Gasteiger partial charge >= 0.3 is 0 Å². The average Bonchev–Trinajstić information content (AvgIpc) is 3.04. The van der Waals surface area contributed by atoms with Gasteiger partial charge in [0.1, 0.15) is 11.5 Å². The molecule has 2 N–H and O–H groups in total. The van der Waals surface area contributed by atoms with Gasteiger partial charge in [0.25, 0.3) is 0 Å². The SMILES string of the molecule is COc1ccc2c3c([nH]c2c1)C(CC1C(=O)C(C)=CC(O)=C1C(C)C)=NCC3. The van der Waals surface area contributed by atoms with Gasteiger partial charge in [-0.3, -0.25) is 9.79 Å². The first-order chi connectivity index (χ1) is 13.4. The predicted molar refractivity (Wildman–Crippen MR) is 111 cm³/mol. The summed E-state index contributed by atoms with van der Waals surface area (Å²) in [6, 6.07) is 6.05. The van der Waals surface area contributed by atoms with Gasteiger partial charge in [0, 0.05) is 29.9 Å². The minimum absolute atomic E-state index is 0.0779. The van der Waals surface area contributed by atoms with Crippen LogP contribution in [-0.4, -0.2) is 35.2 Å². The number of H-pyrrole nitrogens is 1. The van der Waals surface area contributed by atoms with Crippen molar-refractivity contribution < 1.29 is 14.6 Å². The minimum atomic E-state index is -0.365. The normalized spacial score (nSPS) is 19.8. The fourth-order valence-electron chi connectivity index (χ4n) is 4.46. The van der Waals surface area contributed by atoms with E-state index in [2.05, 4.69) is 11.1 Å². The average molecular weight is 378 g/mol. The Labute approximate surface area is 164 Å². The summed E-state index contributed by atoms with van der Waals surface area (Å²) >= 11 is 0. The molecule has 2 heterocycles. The van der Waals surface area contributed by atoms with E-state index in [-0.39, 0.29) is 23.4 Å². The Morgan fingerprint density at radius 1 is 1.36 bits per heavy atom. The van der Waals surface area contributed by atoms with Crippen molar-refractivity contribution in [2.45, 2.75) is 33.6 Å². The fourth-order valence-corrected chi connectivity index (χ4v) is 4.46. The van der Waals surface area contributed by atoms with Crippen LogP contribution >= 0.6 is 0 Å². The molecule has 0 saturated carbocycles. The number of carbonyl (C=O) groups is 1. The van der Waals surface area contributed by atoms with Crippen LogP contribution in [0.3, 0.4) is 0 Å². The number of rotatable bonds is 4. The lowest BCUT2D eigenvalue weighted by Crippen LogP contribution is -2.29. The Balaban J connectivity index is 1.74. The maximum Gasteiger partial charge on any atom is 0.166 e. The number of allylic oxidation sites excluding steroid dienone is 3. The number of benzene rings is 1. The lowest BCUT2D eigenvalue weighted by Gasteiger charge is -2.28. The van der Waals surface area contributed by atoms with E-state index in [4.69, 9.17) is 9.73 Å². The number of aromatic nitrogens is 1. The minimum Gasteiger partial charge on any atom is -0.508 e. The van der Waals surface area contributed by atoms with Gasteiger partial charge in [-0.15, -0.1) is 0 Å². The number of hydrogen-bond acceptors (Lipinski definition) is 4. The zero-order valence-electron chi connectivity index (χ0n) is 16.8. The number of nitrogens with one attached hydrogen (secondary N) is 1. The number of aliphatic imine (C=N–C) groups is 1. The molecule has 1 aromatic carbocycles. The summed E-state index contributed by atoms with van der Waals surface area (Å²) in [4.78, 5) is 21.2. The van der Waals surface area contributed by atoms with Crippen LogP contribution in [0.4, 0.5) is 0 Å². The molecule has 1 unspecified atom stereocenters. The van der Waals surface area contributed by atoms with Crippen molar-refractivity contribution in [2.24, 2.45) is 16.8 Å². The third kappa shape index (κ3) is 2.95. The highest BCUT2D eigenvalue weighted by molar-refractivity contribution is 6.10. The zero-order chi connectivity index (χ0) is 20.0. The standard InChI is InChI=1S/C23H26N2O3/c1-12(2)21-17(23(27)13(3)9-20(21)26)11-19-22-16(7-8-24-19)15-6-5-14(28-4)10-18(15)25-22/h5-6,9-10,12,17,25-26H,7-8,11H2,1-4H3. The third-order valence-corrected chi connectivity index (χ3v) is 5.82. The van der Waals surface area contributed by atoms with Crippen molar-refractivity contribution in [3.8, 4) is 5.75 Å². The van der Waals surface area contributed by atoms with E-state index in [1.807, 2.05) is 26.0 Å². The van der Waals surface area contributed by atoms with Crippen molar-refractivity contribution in [1.82, 2.24) is 4.98 Å². The largest absolute Gasteiger partial charge is 0.508 e. The molecule has 0 fully saturated rings. The number of aliphatic hydroxyl groups excluding tert-OH is 1. The maximum atomic E-state index is 12.9. The molecule has 2 aromatic rings. The first-order valence-electron chi connectivity index (χ1n) is 9.78. The number of ether oxygens (including phenoxy) is 1. The second kappa shape index (κ2) is 6.97.